The van der Waals surface area contributed by atoms with Crippen LogP contribution in [0.1, 0.15) is 39.0 Å². The highest BCUT2D eigenvalue weighted by Crippen LogP contribution is 2.18. The van der Waals surface area contributed by atoms with Crippen molar-refractivity contribution >= 4 is 0 Å². The summed E-state index contributed by atoms with van der Waals surface area (Å²) in [5.74, 6) is 0.800. The van der Waals surface area contributed by atoms with Gasteiger partial charge in [0.25, 0.3) is 0 Å². The summed E-state index contributed by atoms with van der Waals surface area (Å²) in [6, 6.07) is 0.838. The summed E-state index contributed by atoms with van der Waals surface area (Å²) in [4.78, 5) is 0. The lowest BCUT2D eigenvalue weighted by Crippen LogP contribution is -2.37. The highest BCUT2D eigenvalue weighted by Gasteiger charge is 2.16. The second-order valence-electron chi connectivity index (χ2n) is 4.07. The number of rotatable bonds is 6. The van der Waals surface area contributed by atoms with Crippen LogP contribution in [0.4, 0.5) is 0 Å². The van der Waals surface area contributed by atoms with Gasteiger partial charge in [0.05, 0.1) is 0 Å². The monoisotopic (exact) mass is 170 g/mol. The van der Waals surface area contributed by atoms with Gasteiger partial charge in [-0.05, 0) is 44.7 Å². The maximum absolute atomic E-state index is 5.45. The van der Waals surface area contributed by atoms with Gasteiger partial charge in [-0.2, -0.15) is 0 Å². The molecule has 1 saturated carbocycles. The Balaban J connectivity index is 1.90. The van der Waals surface area contributed by atoms with Crippen molar-refractivity contribution in [1.29, 1.82) is 0 Å². The van der Waals surface area contributed by atoms with E-state index in [1.54, 1.807) is 0 Å². The summed E-state index contributed by atoms with van der Waals surface area (Å²) >= 11 is 0. The Morgan fingerprint density at radius 2 is 2.25 bits per heavy atom. The molecule has 1 rings (SSSR count). The first kappa shape index (κ1) is 10.0. The van der Waals surface area contributed by atoms with E-state index in [1.807, 2.05) is 0 Å². The second kappa shape index (κ2) is 5.55. The molecule has 0 heterocycles. The molecule has 72 valence electrons. The zero-order valence-electron chi connectivity index (χ0n) is 8.18. The fourth-order valence-corrected chi connectivity index (χ4v) is 1.55. The minimum absolute atomic E-state index is 0.800. The number of hydrogen-bond donors (Lipinski definition) is 2. The van der Waals surface area contributed by atoms with Gasteiger partial charge < -0.3 is 11.1 Å². The van der Waals surface area contributed by atoms with Crippen molar-refractivity contribution in [3.05, 3.63) is 0 Å². The molecule has 0 aromatic rings. The van der Waals surface area contributed by atoms with Gasteiger partial charge in [-0.15, -0.1) is 0 Å². The smallest absolute Gasteiger partial charge is 0.00671 e. The van der Waals surface area contributed by atoms with E-state index in [2.05, 4.69) is 12.2 Å². The van der Waals surface area contributed by atoms with Gasteiger partial charge in [0.1, 0.15) is 0 Å². The van der Waals surface area contributed by atoms with Crippen LogP contribution in [0.2, 0.25) is 0 Å². The molecule has 2 nitrogen and oxygen atoms in total. The fraction of sp³-hybridized carbons (Fsp3) is 1.00. The quantitative estimate of drug-likeness (QED) is 0.634. The van der Waals surface area contributed by atoms with Crippen LogP contribution in [0.3, 0.4) is 0 Å². The van der Waals surface area contributed by atoms with Crippen LogP contribution in [-0.4, -0.2) is 19.1 Å². The van der Waals surface area contributed by atoms with E-state index in [1.165, 1.54) is 38.6 Å². The molecule has 2 heteroatoms. The Bertz CT molecular complexity index is 110. The number of hydrogen-bond acceptors (Lipinski definition) is 2. The summed E-state index contributed by atoms with van der Waals surface area (Å²) < 4.78 is 0. The van der Waals surface area contributed by atoms with Crippen molar-refractivity contribution in [2.45, 2.75) is 45.1 Å². The molecule has 0 radical (unpaired) electrons. The van der Waals surface area contributed by atoms with Gasteiger partial charge in [0.2, 0.25) is 0 Å². The molecule has 1 fully saturated rings. The highest BCUT2D eigenvalue weighted by molar-refractivity contribution is 4.76. The Morgan fingerprint density at radius 3 is 2.75 bits per heavy atom. The first-order chi connectivity index (χ1) is 5.83. The average molecular weight is 170 g/mol. The third kappa shape index (κ3) is 3.55. The maximum Gasteiger partial charge on any atom is 0.00671 e. The fourth-order valence-electron chi connectivity index (χ4n) is 1.55. The normalized spacial score (nSPS) is 20.5. The second-order valence-corrected chi connectivity index (χ2v) is 4.07. The lowest BCUT2D eigenvalue weighted by molar-refractivity contribution is 0.315. The summed E-state index contributed by atoms with van der Waals surface area (Å²) in [5.41, 5.74) is 5.45. The van der Waals surface area contributed by atoms with Crippen LogP contribution in [0, 0.1) is 5.92 Å². The molecule has 0 bridgehead atoms. The molecular formula is C10H22N2. The SMILES string of the molecule is CC(CCCN)CNC1CCC1. The zero-order chi connectivity index (χ0) is 8.81. The number of nitrogens with one attached hydrogen (secondary N) is 1. The molecule has 0 aromatic heterocycles. The van der Waals surface area contributed by atoms with Crippen LogP contribution in [0.5, 0.6) is 0 Å². The Labute approximate surface area is 75.9 Å². The third-order valence-electron chi connectivity index (χ3n) is 2.76. The van der Waals surface area contributed by atoms with Crippen molar-refractivity contribution in [1.82, 2.24) is 5.32 Å². The first-order valence-corrected chi connectivity index (χ1v) is 5.26. The zero-order valence-corrected chi connectivity index (χ0v) is 8.18. The first-order valence-electron chi connectivity index (χ1n) is 5.26. The lowest BCUT2D eigenvalue weighted by Gasteiger charge is -2.28. The average Bonchev–Trinajstić information content (AvgIpc) is 1.98. The van der Waals surface area contributed by atoms with E-state index >= 15 is 0 Å². The molecule has 1 aliphatic rings. The van der Waals surface area contributed by atoms with Gasteiger partial charge in [0.15, 0.2) is 0 Å². The van der Waals surface area contributed by atoms with E-state index < -0.39 is 0 Å². The van der Waals surface area contributed by atoms with Gasteiger partial charge in [-0.3, -0.25) is 0 Å². The minimum atomic E-state index is 0.800. The molecule has 1 atom stereocenters. The molecule has 0 amide bonds. The van der Waals surface area contributed by atoms with Crippen LogP contribution in [0.25, 0.3) is 0 Å². The van der Waals surface area contributed by atoms with Crippen LogP contribution in [-0.2, 0) is 0 Å². The maximum atomic E-state index is 5.45. The van der Waals surface area contributed by atoms with Crippen molar-refractivity contribution in [2.24, 2.45) is 11.7 Å². The summed E-state index contributed by atoms with van der Waals surface area (Å²) in [6.45, 7) is 4.33. The molecule has 0 aliphatic heterocycles. The molecule has 3 N–H and O–H groups in total. The van der Waals surface area contributed by atoms with Gasteiger partial charge >= 0.3 is 0 Å². The highest BCUT2D eigenvalue weighted by atomic mass is 14.9. The van der Waals surface area contributed by atoms with Crippen molar-refractivity contribution in [2.75, 3.05) is 13.1 Å². The molecule has 12 heavy (non-hydrogen) atoms. The predicted octanol–water partition coefficient (Wildman–Crippen LogP) is 1.50. The number of nitrogens with two attached hydrogens (primary N) is 1. The predicted molar refractivity (Wildman–Crippen MR) is 53.1 cm³/mol. The van der Waals surface area contributed by atoms with Crippen molar-refractivity contribution in [3.8, 4) is 0 Å². The molecule has 0 aromatic carbocycles. The lowest BCUT2D eigenvalue weighted by atomic mass is 9.92. The summed E-state index contributed by atoms with van der Waals surface area (Å²) in [5, 5.41) is 3.59. The topological polar surface area (TPSA) is 38.0 Å². The Morgan fingerprint density at radius 1 is 1.50 bits per heavy atom. The van der Waals surface area contributed by atoms with E-state index in [9.17, 15) is 0 Å². The standard InChI is InChI=1S/C10H22N2/c1-9(4-3-7-11)8-12-10-5-2-6-10/h9-10,12H,2-8,11H2,1H3. The van der Waals surface area contributed by atoms with Gasteiger partial charge in [-0.25, -0.2) is 0 Å². The van der Waals surface area contributed by atoms with E-state index in [-0.39, 0.29) is 0 Å². The molecular weight excluding hydrogens is 148 g/mol. The van der Waals surface area contributed by atoms with Gasteiger partial charge in [-0.1, -0.05) is 13.3 Å². The largest absolute Gasteiger partial charge is 0.330 e. The molecule has 1 aliphatic carbocycles. The van der Waals surface area contributed by atoms with Crippen molar-refractivity contribution < 1.29 is 0 Å². The summed E-state index contributed by atoms with van der Waals surface area (Å²) in [7, 11) is 0. The van der Waals surface area contributed by atoms with E-state index in [0.717, 1.165) is 18.5 Å². The molecule has 0 spiro atoms. The Hall–Kier alpha value is -0.0800. The van der Waals surface area contributed by atoms with Crippen LogP contribution < -0.4 is 11.1 Å². The van der Waals surface area contributed by atoms with Crippen molar-refractivity contribution in [3.63, 3.8) is 0 Å². The minimum Gasteiger partial charge on any atom is -0.330 e. The molecule has 1 unspecified atom stereocenters. The molecule has 0 saturated heterocycles. The summed E-state index contributed by atoms with van der Waals surface area (Å²) in [6.07, 6.45) is 6.66. The van der Waals surface area contributed by atoms with Crippen LogP contribution in [0.15, 0.2) is 0 Å². The third-order valence-corrected chi connectivity index (χ3v) is 2.76. The van der Waals surface area contributed by atoms with E-state index in [4.69, 9.17) is 5.73 Å². The van der Waals surface area contributed by atoms with E-state index in [0.29, 0.717) is 0 Å². The van der Waals surface area contributed by atoms with Gasteiger partial charge in [0, 0.05) is 6.04 Å². The van der Waals surface area contributed by atoms with Crippen LogP contribution >= 0.6 is 0 Å². The Kier molecular flexibility index (Phi) is 4.62.